The molecule has 0 saturated carbocycles. The van der Waals surface area contributed by atoms with Crippen LogP contribution in [-0.4, -0.2) is 11.1 Å². The highest BCUT2D eigenvalue weighted by Crippen LogP contribution is 2.36. The maximum absolute atomic E-state index is 13.1. The van der Waals surface area contributed by atoms with Gasteiger partial charge in [0.15, 0.2) is 0 Å². The van der Waals surface area contributed by atoms with Crippen LogP contribution in [0.25, 0.3) is 0 Å². The van der Waals surface area contributed by atoms with E-state index in [4.69, 9.17) is 0 Å². The average molecular weight is 323 g/mol. The largest absolute Gasteiger partial charge is 0.508 e. The molecule has 0 amide bonds. The SMILES string of the molecule is CC(NCc1cccc(O)c1)C(C)c1ccccc1C(F)(F)F. The second-order valence-electron chi connectivity index (χ2n) is 5.71. The van der Waals surface area contributed by atoms with Gasteiger partial charge >= 0.3 is 6.18 Å². The van der Waals surface area contributed by atoms with Crippen LogP contribution in [0, 0.1) is 0 Å². The van der Waals surface area contributed by atoms with E-state index in [0.29, 0.717) is 6.54 Å². The number of hydrogen-bond donors (Lipinski definition) is 2. The maximum Gasteiger partial charge on any atom is 0.416 e. The molecule has 0 radical (unpaired) electrons. The first-order valence-corrected chi connectivity index (χ1v) is 7.46. The van der Waals surface area contributed by atoms with Crippen molar-refractivity contribution in [1.82, 2.24) is 5.32 Å². The molecular formula is C18H20F3NO. The Labute approximate surface area is 134 Å². The molecule has 0 fully saturated rings. The van der Waals surface area contributed by atoms with Gasteiger partial charge in [0.25, 0.3) is 0 Å². The average Bonchev–Trinajstić information content (AvgIpc) is 2.51. The predicted octanol–water partition coefficient (Wildman–Crippen LogP) is 4.69. The zero-order chi connectivity index (χ0) is 17.0. The lowest BCUT2D eigenvalue weighted by atomic mass is 9.90. The maximum atomic E-state index is 13.1. The third-order valence-corrected chi connectivity index (χ3v) is 4.05. The Morgan fingerprint density at radius 1 is 1.04 bits per heavy atom. The molecule has 0 aliphatic rings. The molecule has 124 valence electrons. The summed E-state index contributed by atoms with van der Waals surface area (Å²) in [4.78, 5) is 0. The lowest BCUT2D eigenvalue weighted by Crippen LogP contribution is -2.31. The third kappa shape index (κ3) is 4.48. The molecule has 0 saturated heterocycles. The number of nitrogens with one attached hydrogen (secondary N) is 1. The Morgan fingerprint density at radius 3 is 2.39 bits per heavy atom. The van der Waals surface area contributed by atoms with Gasteiger partial charge in [0.1, 0.15) is 5.75 Å². The van der Waals surface area contributed by atoms with Crippen molar-refractivity contribution in [2.24, 2.45) is 0 Å². The summed E-state index contributed by atoms with van der Waals surface area (Å²) in [7, 11) is 0. The van der Waals surface area contributed by atoms with Gasteiger partial charge in [-0.05, 0) is 42.2 Å². The van der Waals surface area contributed by atoms with Crippen LogP contribution in [0.4, 0.5) is 13.2 Å². The molecule has 0 aromatic heterocycles. The van der Waals surface area contributed by atoms with Gasteiger partial charge in [0.2, 0.25) is 0 Å². The summed E-state index contributed by atoms with van der Waals surface area (Å²) in [6.07, 6.45) is -4.35. The number of phenols is 1. The lowest BCUT2D eigenvalue weighted by molar-refractivity contribution is -0.138. The molecule has 2 nitrogen and oxygen atoms in total. The summed E-state index contributed by atoms with van der Waals surface area (Å²) in [5.41, 5.74) is 0.586. The zero-order valence-electron chi connectivity index (χ0n) is 13.1. The molecule has 5 heteroatoms. The second-order valence-corrected chi connectivity index (χ2v) is 5.71. The smallest absolute Gasteiger partial charge is 0.416 e. The number of hydrogen-bond acceptors (Lipinski definition) is 2. The zero-order valence-corrected chi connectivity index (χ0v) is 13.1. The monoisotopic (exact) mass is 323 g/mol. The van der Waals surface area contributed by atoms with Crippen LogP contribution in [0.5, 0.6) is 5.75 Å². The number of halogens is 3. The van der Waals surface area contributed by atoms with Gasteiger partial charge in [-0.15, -0.1) is 0 Å². The van der Waals surface area contributed by atoms with E-state index in [9.17, 15) is 18.3 Å². The Balaban J connectivity index is 2.10. The fourth-order valence-electron chi connectivity index (χ4n) is 2.54. The number of alkyl halides is 3. The highest BCUT2D eigenvalue weighted by atomic mass is 19.4. The normalized spacial score (nSPS) is 14.5. The van der Waals surface area contributed by atoms with Crippen LogP contribution in [0.15, 0.2) is 48.5 Å². The van der Waals surface area contributed by atoms with Crippen LogP contribution >= 0.6 is 0 Å². The molecule has 2 N–H and O–H groups in total. The Bertz CT molecular complexity index is 655. The summed E-state index contributed by atoms with van der Waals surface area (Å²) in [6, 6.07) is 12.3. The minimum atomic E-state index is -4.35. The van der Waals surface area contributed by atoms with Crippen molar-refractivity contribution in [2.75, 3.05) is 0 Å². The van der Waals surface area contributed by atoms with Crippen molar-refractivity contribution in [3.8, 4) is 5.75 Å². The summed E-state index contributed by atoms with van der Waals surface area (Å²) in [5.74, 6) is -0.127. The van der Waals surface area contributed by atoms with Crippen molar-refractivity contribution in [3.63, 3.8) is 0 Å². The third-order valence-electron chi connectivity index (χ3n) is 4.05. The number of phenolic OH excluding ortho intramolecular Hbond substituents is 1. The van der Waals surface area contributed by atoms with Crippen molar-refractivity contribution in [2.45, 2.75) is 38.5 Å². The molecule has 0 bridgehead atoms. The molecule has 2 atom stereocenters. The number of rotatable bonds is 5. The molecular weight excluding hydrogens is 303 g/mol. The molecule has 0 heterocycles. The molecule has 2 aromatic rings. The second kappa shape index (κ2) is 7.04. The van der Waals surface area contributed by atoms with E-state index in [1.54, 1.807) is 31.2 Å². The summed E-state index contributed by atoms with van der Waals surface area (Å²) in [5, 5.41) is 12.7. The summed E-state index contributed by atoms with van der Waals surface area (Å²) >= 11 is 0. The van der Waals surface area contributed by atoms with E-state index in [0.717, 1.165) is 11.6 Å². The Hall–Kier alpha value is -2.01. The van der Waals surface area contributed by atoms with Crippen molar-refractivity contribution < 1.29 is 18.3 Å². The van der Waals surface area contributed by atoms with Gasteiger partial charge < -0.3 is 10.4 Å². The number of aromatic hydroxyl groups is 1. The van der Waals surface area contributed by atoms with Crippen molar-refractivity contribution >= 4 is 0 Å². The summed E-state index contributed by atoms with van der Waals surface area (Å²) in [6.45, 7) is 4.12. The van der Waals surface area contributed by atoms with E-state index in [1.807, 2.05) is 13.0 Å². The van der Waals surface area contributed by atoms with E-state index >= 15 is 0 Å². The van der Waals surface area contributed by atoms with Crippen LogP contribution in [0.2, 0.25) is 0 Å². The van der Waals surface area contributed by atoms with E-state index in [2.05, 4.69) is 5.32 Å². The number of benzene rings is 2. The van der Waals surface area contributed by atoms with Gasteiger partial charge in [0, 0.05) is 12.6 Å². The molecule has 0 aliphatic heterocycles. The molecule has 2 unspecified atom stereocenters. The first-order valence-electron chi connectivity index (χ1n) is 7.46. The first-order chi connectivity index (χ1) is 10.8. The summed E-state index contributed by atoms with van der Waals surface area (Å²) < 4.78 is 39.4. The van der Waals surface area contributed by atoms with E-state index < -0.39 is 11.7 Å². The predicted molar refractivity (Wildman–Crippen MR) is 84.3 cm³/mol. The minimum Gasteiger partial charge on any atom is -0.508 e. The highest BCUT2D eigenvalue weighted by molar-refractivity contribution is 5.33. The van der Waals surface area contributed by atoms with E-state index in [1.165, 1.54) is 12.1 Å². The van der Waals surface area contributed by atoms with Crippen LogP contribution in [0.1, 0.15) is 36.5 Å². The van der Waals surface area contributed by atoms with Gasteiger partial charge in [-0.1, -0.05) is 37.3 Å². The van der Waals surface area contributed by atoms with Crippen LogP contribution < -0.4 is 5.32 Å². The van der Waals surface area contributed by atoms with Crippen molar-refractivity contribution in [3.05, 3.63) is 65.2 Å². The lowest BCUT2D eigenvalue weighted by Gasteiger charge is -2.25. The van der Waals surface area contributed by atoms with Gasteiger partial charge in [-0.3, -0.25) is 0 Å². The molecule has 0 spiro atoms. The topological polar surface area (TPSA) is 32.3 Å². The molecule has 23 heavy (non-hydrogen) atoms. The van der Waals surface area contributed by atoms with Crippen LogP contribution in [0.3, 0.4) is 0 Å². The standard InChI is InChI=1S/C18H20F3NO/c1-12(16-8-3-4-9-17(16)18(19,20)21)13(2)22-11-14-6-5-7-15(23)10-14/h3-10,12-13,22-23H,11H2,1-2H3. The highest BCUT2D eigenvalue weighted by Gasteiger charge is 2.34. The van der Waals surface area contributed by atoms with E-state index in [-0.39, 0.29) is 23.3 Å². The minimum absolute atomic E-state index is 0.152. The van der Waals surface area contributed by atoms with Crippen LogP contribution in [-0.2, 0) is 12.7 Å². The van der Waals surface area contributed by atoms with Gasteiger partial charge in [0.05, 0.1) is 5.56 Å². The fourth-order valence-corrected chi connectivity index (χ4v) is 2.54. The quantitative estimate of drug-likeness (QED) is 0.836. The molecule has 2 rings (SSSR count). The van der Waals surface area contributed by atoms with Gasteiger partial charge in [-0.2, -0.15) is 13.2 Å². The molecule has 0 aliphatic carbocycles. The first kappa shape index (κ1) is 17.3. The van der Waals surface area contributed by atoms with Gasteiger partial charge in [-0.25, -0.2) is 0 Å². The Kier molecular flexibility index (Phi) is 5.31. The van der Waals surface area contributed by atoms with Crippen molar-refractivity contribution in [1.29, 1.82) is 0 Å². The molecule has 2 aromatic carbocycles. The fraction of sp³-hybridized carbons (Fsp3) is 0.333. The Morgan fingerprint density at radius 2 is 1.74 bits per heavy atom.